The number of hydrogen-bond donors (Lipinski definition) is 1. The normalized spacial score (nSPS) is 11.9. The van der Waals surface area contributed by atoms with Gasteiger partial charge in [0.15, 0.2) is 0 Å². The predicted octanol–water partition coefficient (Wildman–Crippen LogP) is 2.95. The zero-order chi connectivity index (χ0) is 21.6. The molecule has 0 saturated heterocycles. The molecule has 0 atom stereocenters. The number of fused-ring (bicyclic) bond motifs is 3. The maximum atomic E-state index is 13.4. The van der Waals surface area contributed by atoms with Crippen molar-refractivity contribution in [1.82, 2.24) is 14.5 Å². The number of amides is 1. The van der Waals surface area contributed by atoms with E-state index in [1.807, 2.05) is 20.8 Å². The average Bonchev–Trinajstić information content (AvgIpc) is 3.05. The molecule has 0 aliphatic heterocycles. The van der Waals surface area contributed by atoms with Crippen LogP contribution in [-0.4, -0.2) is 20.6 Å². The largest absolute Gasteiger partial charge is 0.449 e. The van der Waals surface area contributed by atoms with Gasteiger partial charge in [-0.3, -0.25) is 14.2 Å². The van der Waals surface area contributed by atoms with Crippen LogP contribution >= 0.6 is 0 Å². The van der Waals surface area contributed by atoms with E-state index in [9.17, 15) is 18.8 Å². The molecule has 0 radical (unpaired) electrons. The minimum atomic E-state index is -0.713. The number of carbonyl (C=O) groups is 1. The van der Waals surface area contributed by atoms with Crippen LogP contribution < -0.4 is 16.6 Å². The first-order valence-electron chi connectivity index (χ1n) is 9.40. The predicted molar refractivity (Wildman–Crippen MR) is 111 cm³/mol. The van der Waals surface area contributed by atoms with E-state index in [0.717, 1.165) is 16.7 Å². The van der Waals surface area contributed by atoms with Crippen LogP contribution in [0.25, 0.3) is 27.8 Å². The molecule has 1 amide bonds. The minimum Gasteiger partial charge on any atom is -0.449 e. The van der Waals surface area contributed by atoms with Crippen molar-refractivity contribution in [2.24, 2.45) is 0 Å². The summed E-state index contributed by atoms with van der Waals surface area (Å²) in [5.74, 6) is -0.887. The lowest BCUT2D eigenvalue weighted by atomic mass is 10.1. The standard InChI is InChI=1S/C22H20FN3O4/c1-22(2,3)24-17(27)12-25-18-15-6-4-5-7-16(15)30-19(18)20(28)26(21(25)29)14-10-8-13(23)9-11-14/h4-11H,12H2,1-3H3,(H,24,27). The number of nitrogens with one attached hydrogen (secondary N) is 1. The number of benzene rings is 2. The number of furan rings is 1. The van der Waals surface area contributed by atoms with E-state index in [0.29, 0.717) is 11.0 Å². The van der Waals surface area contributed by atoms with Gasteiger partial charge in [-0.15, -0.1) is 0 Å². The maximum absolute atomic E-state index is 13.4. The first-order chi connectivity index (χ1) is 14.2. The van der Waals surface area contributed by atoms with Gasteiger partial charge in [-0.1, -0.05) is 12.1 Å². The summed E-state index contributed by atoms with van der Waals surface area (Å²) >= 11 is 0. The van der Waals surface area contributed by atoms with Gasteiger partial charge in [-0.05, 0) is 57.2 Å². The molecule has 2 aromatic carbocycles. The number of nitrogens with zero attached hydrogens (tertiary/aromatic N) is 2. The van der Waals surface area contributed by atoms with Gasteiger partial charge in [0.05, 0.1) is 5.69 Å². The topological polar surface area (TPSA) is 86.2 Å². The SMILES string of the molecule is CC(C)(C)NC(=O)Cn1c(=O)n(-c2ccc(F)cc2)c(=O)c2oc3ccccc3c21. The smallest absolute Gasteiger partial charge is 0.336 e. The van der Waals surface area contributed by atoms with E-state index in [2.05, 4.69) is 5.32 Å². The van der Waals surface area contributed by atoms with Crippen molar-refractivity contribution in [3.63, 3.8) is 0 Å². The summed E-state index contributed by atoms with van der Waals surface area (Å²) in [6.07, 6.45) is 0. The maximum Gasteiger partial charge on any atom is 0.336 e. The van der Waals surface area contributed by atoms with Gasteiger partial charge in [0.25, 0.3) is 0 Å². The Morgan fingerprint density at radius 3 is 2.40 bits per heavy atom. The second-order valence-corrected chi connectivity index (χ2v) is 8.06. The fraction of sp³-hybridized carbons (Fsp3) is 0.227. The summed E-state index contributed by atoms with van der Waals surface area (Å²) in [6.45, 7) is 5.18. The van der Waals surface area contributed by atoms with Gasteiger partial charge in [0.2, 0.25) is 11.5 Å². The van der Waals surface area contributed by atoms with Crippen LogP contribution in [0.4, 0.5) is 4.39 Å². The lowest BCUT2D eigenvalue weighted by Gasteiger charge is -2.21. The zero-order valence-electron chi connectivity index (χ0n) is 16.7. The number of halogens is 1. The lowest BCUT2D eigenvalue weighted by molar-refractivity contribution is -0.123. The fourth-order valence-electron chi connectivity index (χ4n) is 3.42. The van der Waals surface area contributed by atoms with Crippen LogP contribution in [0.2, 0.25) is 0 Å². The van der Waals surface area contributed by atoms with Gasteiger partial charge in [0, 0.05) is 10.9 Å². The fourth-order valence-corrected chi connectivity index (χ4v) is 3.42. The number of aromatic nitrogens is 2. The van der Waals surface area contributed by atoms with E-state index >= 15 is 0 Å². The Balaban J connectivity index is 2.04. The Morgan fingerprint density at radius 1 is 1.07 bits per heavy atom. The molecule has 0 aliphatic rings. The molecule has 2 aromatic heterocycles. The number of carbonyl (C=O) groups excluding carboxylic acids is 1. The summed E-state index contributed by atoms with van der Waals surface area (Å²) in [5.41, 5.74) is -1.08. The van der Waals surface area contributed by atoms with Crippen LogP contribution in [0.5, 0.6) is 0 Å². The highest BCUT2D eigenvalue weighted by Crippen LogP contribution is 2.25. The quantitative estimate of drug-likeness (QED) is 0.564. The third kappa shape index (κ3) is 3.41. The van der Waals surface area contributed by atoms with Crippen molar-refractivity contribution in [2.75, 3.05) is 0 Å². The van der Waals surface area contributed by atoms with Crippen molar-refractivity contribution in [3.8, 4) is 5.69 Å². The Kier molecular flexibility index (Phi) is 4.57. The van der Waals surface area contributed by atoms with Gasteiger partial charge >= 0.3 is 11.2 Å². The molecule has 1 N–H and O–H groups in total. The first kappa shape index (κ1) is 19.6. The van der Waals surface area contributed by atoms with E-state index in [1.165, 1.54) is 16.7 Å². The molecular weight excluding hydrogens is 389 g/mol. The van der Waals surface area contributed by atoms with Crippen LogP contribution in [0, 0.1) is 5.82 Å². The summed E-state index contributed by atoms with van der Waals surface area (Å²) < 4.78 is 21.2. The van der Waals surface area contributed by atoms with Crippen LogP contribution in [-0.2, 0) is 11.3 Å². The Morgan fingerprint density at radius 2 is 1.73 bits per heavy atom. The van der Waals surface area contributed by atoms with Gasteiger partial charge in [-0.25, -0.2) is 13.8 Å². The van der Waals surface area contributed by atoms with E-state index < -0.39 is 22.6 Å². The van der Waals surface area contributed by atoms with E-state index in [4.69, 9.17) is 4.42 Å². The summed E-state index contributed by atoms with van der Waals surface area (Å²) in [4.78, 5) is 39.1. The third-order valence-electron chi connectivity index (χ3n) is 4.56. The van der Waals surface area contributed by atoms with Gasteiger partial charge in [0.1, 0.15) is 23.5 Å². The second-order valence-electron chi connectivity index (χ2n) is 8.06. The second kappa shape index (κ2) is 6.98. The van der Waals surface area contributed by atoms with Crippen LogP contribution in [0.3, 0.4) is 0 Å². The van der Waals surface area contributed by atoms with Gasteiger partial charge < -0.3 is 9.73 Å². The van der Waals surface area contributed by atoms with Crippen molar-refractivity contribution in [2.45, 2.75) is 32.9 Å². The molecule has 0 unspecified atom stereocenters. The molecule has 2 heterocycles. The molecule has 0 bridgehead atoms. The van der Waals surface area contributed by atoms with Crippen LogP contribution in [0.15, 0.2) is 62.5 Å². The summed E-state index contributed by atoms with van der Waals surface area (Å²) in [5, 5.41) is 3.37. The first-order valence-corrected chi connectivity index (χ1v) is 9.40. The highest BCUT2D eigenvalue weighted by Gasteiger charge is 2.23. The monoisotopic (exact) mass is 409 g/mol. The van der Waals surface area contributed by atoms with Crippen molar-refractivity contribution < 1.29 is 13.6 Å². The molecular formula is C22H20FN3O4. The molecule has 154 valence electrons. The van der Waals surface area contributed by atoms with E-state index in [-0.39, 0.29) is 29.2 Å². The average molecular weight is 409 g/mol. The lowest BCUT2D eigenvalue weighted by Crippen LogP contribution is -2.45. The Bertz CT molecular complexity index is 1390. The summed E-state index contributed by atoms with van der Waals surface area (Å²) in [7, 11) is 0. The molecule has 8 heteroatoms. The molecule has 0 saturated carbocycles. The number of rotatable bonds is 3. The molecule has 7 nitrogen and oxygen atoms in total. The highest BCUT2D eigenvalue weighted by molar-refractivity contribution is 6.02. The third-order valence-corrected chi connectivity index (χ3v) is 4.56. The van der Waals surface area contributed by atoms with E-state index in [1.54, 1.807) is 24.3 Å². The van der Waals surface area contributed by atoms with Crippen LogP contribution in [0.1, 0.15) is 20.8 Å². The molecule has 4 aromatic rings. The molecule has 0 aliphatic carbocycles. The minimum absolute atomic E-state index is 0.0521. The Labute approximate surface area is 170 Å². The van der Waals surface area contributed by atoms with Gasteiger partial charge in [-0.2, -0.15) is 0 Å². The van der Waals surface area contributed by atoms with Crippen molar-refractivity contribution >= 4 is 28.0 Å². The molecule has 0 fully saturated rings. The van der Waals surface area contributed by atoms with Crippen molar-refractivity contribution in [1.29, 1.82) is 0 Å². The summed E-state index contributed by atoms with van der Waals surface area (Å²) in [6, 6.07) is 11.9. The molecule has 0 spiro atoms. The Hall–Kier alpha value is -3.68. The molecule has 4 rings (SSSR count). The number of para-hydroxylation sites is 1. The highest BCUT2D eigenvalue weighted by atomic mass is 19.1. The number of hydrogen-bond acceptors (Lipinski definition) is 4. The zero-order valence-corrected chi connectivity index (χ0v) is 16.7. The molecule has 30 heavy (non-hydrogen) atoms. The van der Waals surface area contributed by atoms with Crippen molar-refractivity contribution in [3.05, 3.63) is 75.2 Å².